The molecule has 1 rings (SSSR count). The van der Waals surface area contributed by atoms with Gasteiger partial charge in [0.25, 0.3) is 0 Å². The molecular weight excluding hydrogens is 292 g/mol. The van der Waals surface area contributed by atoms with E-state index in [2.05, 4.69) is 21.7 Å². The third-order valence-corrected chi connectivity index (χ3v) is 2.76. The number of hydrogen-bond donors (Lipinski definition) is 0. The maximum atomic E-state index is 11.5. The molecule has 1 aromatic rings. The summed E-state index contributed by atoms with van der Waals surface area (Å²) in [4.78, 5) is 31.1. The lowest BCUT2D eigenvalue weighted by Gasteiger charge is -2.04. The number of unbranched alkanes of at least 4 members (excludes halogenated alkanes) is 3. The van der Waals surface area contributed by atoms with E-state index in [9.17, 15) is 9.59 Å². The molecule has 0 N–H and O–H groups in total. The van der Waals surface area contributed by atoms with E-state index in [1.54, 1.807) is 12.1 Å². The quantitative estimate of drug-likeness (QED) is 0.299. The van der Waals surface area contributed by atoms with Gasteiger partial charge in [-0.25, -0.2) is 14.5 Å². The van der Waals surface area contributed by atoms with Crippen molar-refractivity contribution in [3.05, 3.63) is 29.8 Å². The van der Waals surface area contributed by atoms with Gasteiger partial charge in [-0.15, -0.1) is 0 Å². The first-order chi connectivity index (χ1) is 10.7. The third-order valence-electron chi connectivity index (χ3n) is 2.76. The highest BCUT2D eigenvalue weighted by Crippen LogP contribution is 2.12. The number of ether oxygens (including phenoxy) is 2. The van der Waals surface area contributed by atoms with Crippen LogP contribution in [-0.4, -0.2) is 25.8 Å². The van der Waals surface area contributed by atoms with Crippen molar-refractivity contribution in [3.63, 3.8) is 0 Å². The van der Waals surface area contributed by atoms with Gasteiger partial charge in [0.2, 0.25) is 0 Å². The van der Waals surface area contributed by atoms with Crippen molar-refractivity contribution in [2.24, 2.45) is 0 Å². The number of hydrogen-bond acceptors (Lipinski definition) is 7. The summed E-state index contributed by atoms with van der Waals surface area (Å²) in [6.45, 7) is 2.31. The van der Waals surface area contributed by atoms with E-state index in [0.29, 0.717) is 5.75 Å². The number of rotatable bonds is 9. The van der Waals surface area contributed by atoms with Crippen molar-refractivity contribution in [2.45, 2.75) is 32.6 Å². The molecule has 0 saturated heterocycles. The summed E-state index contributed by atoms with van der Waals surface area (Å²) in [5, 5.41) is 4.09. The maximum absolute atomic E-state index is 11.5. The van der Waals surface area contributed by atoms with Crippen LogP contribution in [0.1, 0.15) is 43.0 Å². The van der Waals surface area contributed by atoms with Crippen LogP contribution in [-0.2, 0) is 19.6 Å². The molecule has 0 spiro atoms. The Balaban J connectivity index is 2.17. The second-order valence-corrected chi connectivity index (χ2v) is 4.41. The summed E-state index contributed by atoms with van der Waals surface area (Å²) < 4.78 is 9.67. The van der Waals surface area contributed by atoms with E-state index in [1.165, 1.54) is 19.2 Å². The molecule has 0 aliphatic carbocycles. The Labute approximate surface area is 128 Å². The molecule has 0 radical (unpaired) electrons. The van der Waals surface area contributed by atoms with Crippen molar-refractivity contribution >= 4 is 12.1 Å². The van der Waals surface area contributed by atoms with Gasteiger partial charge in [0.05, 0.1) is 24.3 Å². The molecule has 1 aromatic carbocycles. The molecule has 22 heavy (non-hydrogen) atoms. The Kier molecular flexibility index (Phi) is 8.44. The van der Waals surface area contributed by atoms with Crippen LogP contribution in [0, 0.1) is 0 Å². The summed E-state index contributed by atoms with van der Waals surface area (Å²) in [5.41, 5.74) is 0.220. The summed E-state index contributed by atoms with van der Waals surface area (Å²) in [6.07, 6.45) is 2.83. The smallest absolute Gasteiger partial charge is 0.497 e. The Bertz CT molecular complexity index is 455. The molecular formula is C15H20O7. The van der Waals surface area contributed by atoms with E-state index in [1.807, 2.05) is 0 Å². The van der Waals surface area contributed by atoms with Crippen LogP contribution in [0.2, 0.25) is 0 Å². The van der Waals surface area contributed by atoms with Crippen molar-refractivity contribution in [1.29, 1.82) is 0 Å². The molecule has 7 heteroatoms. The lowest BCUT2D eigenvalue weighted by atomic mass is 10.2. The Morgan fingerprint density at radius 1 is 1.00 bits per heavy atom. The predicted octanol–water partition coefficient (Wildman–Crippen LogP) is 3.43. The van der Waals surface area contributed by atoms with Crippen molar-refractivity contribution < 1.29 is 33.9 Å². The fourth-order valence-corrected chi connectivity index (χ4v) is 1.56. The summed E-state index contributed by atoms with van der Waals surface area (Å²) >= 11 is 0. The monoisotopic (exact) mass is 312 g/mol. The van der Waals surface area contributed by atoms with E-state index in [4.69, 9.17) is 9.47 Å². The molecule has 0 unspecified atom stereocenters. The van der Waals surface area contributed by atoms with Gasteiger partial charge in [-0.3, -0.25) is 4.89 Å². The van der Waals surface area contributed by atoms with Gasteiger partial charge < -0.3 is 9.47 Å². The first-order valence-electron chi connectivity index (χ1n) is 7.03. The average molecular weight is 312 g/mol. The number of carbonyl (C=O) groups is 2. The van der Waals surface area contributed by atoms with E-state index < -0.39 is 12.1 Å². The van der Waals surface area contributed by atoms with Crippen molar-refractivity contribution in [2.75, 3.05) is 13.7 Å². The van der Waals surface area contributed by atoms with Crippen LogP contribution < -0.4 is 4.74 Å². The second kappa shape index (κ2) is 10.4. The molecule has 0 aliphatic heterocycles. The summed E-state index contributed by atoms with van der Waals surface area (Å²) in [7, 11) is 1.51. The lowest BCUT2D eigenvalue weighted by molar-refractivity contribution is -0.452. The van der Waals surface area contributed by atoms with Crippen LogP contribution in [0.4, 0.5) is 4.79 Å². The molecule has 0 saturated carbocycles. The van der Waals surface area contributed by atoms with Gasteiger partial charge in [-0.1, -0.05) is 26.2 Å². The third kappa shape index (κ3) is 6.94. The zero-order chi connectivity index (χ0) is 16.2. The fraction of sp³-hybridized carbons (Fsp3) is 0.467. The highest BCUT2D eigenvalue weighted by molar-refractivity contribution is 5.89. The van der Waals surface area contributed by atoms with Gasteiger partial charge >= 0.3 is 12.1 Å². The normalized spacial score (nSPS) is 9.91. The van der Waals surface area contributed by atoms with Gasteiger partial charge in [0, 0.05) is 0 Å². The van der Waals surface area contributed by atoms with Gasteiger partial charge in [0.15, 0.2) is 0 Å². The first-order valence-corrected chi connectivity index (χ1v) is 7.03. The van der Waals surface area contributed by atoms with E-state index >= 15 is 0 Å². The maximum Gasteiger partial charge on any atom is 0.543 e. The SMILES string of the molecule is CCCCCCOC(=O)OOOC(=O)c1ccc(OC)cc1. The highest BCUT2D eigenvalue weighted by atomic mass is 17.5. The number of methoxy groups -OCH3 is 1. The Morgan fingerprint density at radius 2 is 1.73 bits per heavy atom. The zero-order valence-electron chi connectivity index (χ0n) is 12.7. The van der Waals surface area contributed by atoms with Crippen LogP contribution in [0.3, 0.4) is 0 Å². The molecule has 0 atom stereocenters. The average Bonchev–Trinajstić information content (AvgIpc) is 2.54. The number of carbonyl (C=O) groups excluding carboxylic acids is 2. The summed E-state index contributed by atoms with van der Waals surface area (Å²) in [5.74, 6) is -0.209. The van der Waals surface area contributed by atoms with Gasteiger partial charge in [-0.2, -0.15) is 0 Å². The van der Waals surface area contributed by atoms with Crippen LogP contribution in [0.5, 0.6) is 5.75 Å². The minimum atomic E-state index is -1.06. The molecule has 0 aromatic heterocycles. The molecule has 122 valence electrons. The van der Waals surface area contributed by atoms with Crippen molar-refractivity contribution in [1.82, 2.24) is 0 Å². The molecule has 0 heterocycles. The Hall–Kier alpha value is -2.28. The van der Waals surface area contributed by atoms with Gasteiger partial charge in [0.1, 0.15) is 5.75 Å². The molecule has 0 amide bonds. The van der Waals surface area contributed by atoms with Crippen LogP contribution in [0.25, 0.3) is 0 Å². The Morgan fingerprint density at radius 3 is 2.36 bits per heavy atom. The largest absolute Gasteiger partial charge is 0.543 e. The van der Waals surface area contributed by atoms with Crippen molar-refractivity contribution in [3.8, 4) is 5.75 Å². The number of benzene rings is 1. The van der Waals surface area contributed by atoms with E-state index in [0.717, 1.165) is 25.7 Å². The zero-order valence-corrected chi connectivity index (χ0v) is 12.7. The topological polar surface area (TPSA) is 80.3 Å². The van der Waals surface area contributed by atoms with Gasteiger partial charge in [-0.05, 0) is 30.7 Å². The standard InChI is InChI=1S/C15H20O7/c1-3-4-5-6-11-19-15(17)21-22-20-14(16)12-7-9-13(18-2)10-8-12/h7-10H,3-6,11H2,1-2H3. The van der Waals surface area contributed by atoms with E-state index in [-0.39, 0.29) is 12.2 Å². The first kappa shape index (κ1) is 17.8. The molecule has 0 bridgehead atoms. The molecule has 0 aliphatic rings. The minimum absolute atomic E-state index is 0.220. The molecule has 7 nitrogen and oxygen atoms in total. The summed E-state index contributed by atoms with van der Waals surface area (Å²) in [6, 6.07) is 6.14. The predicted molar refractivity (Wildman–Crippen MR) is 76.1 cm³/mol. The van der Waals surface area contributed by atoms with Crippen LogP contribution >= 0.6 is 0 Å². The fourth-order valence-electron chi connectivity index (χ4n) is 1.56. The highest BCUT2D eigenvalue weighted by Gasteiger charge is 2.12. The van der Waals surface area contributed by atoms with Crippen LogP contribution in [0.15, 0.2) is 24.3 Å². The lowest BCUT2D eigenvalue weighted by Crippen LogP contribution is -2.12. The minimum Gasteiger partial charge on any atom is -0.497 e. The molecule has 0 fully saturated rings. The second-order valence-electron chi connectivity index (χ2n) is 4.41.